The van der Waals surface area contributed by atoms with Crippen molar-refractivity contribution >= 4 is 17.7 Å². The Bertz CT molecular complexity index is 944. The second kappa shape index (κ2) is 9.36. The summed E-state index contributed by atoms with van der Waals surface area (Å²) in [5, 5.41) is 11.9. The molecule has 1 aromatic heterocycles. The van der Waals surface area contributed by atoms with Gasteiger partial charge in [0.05, 0.1) is 19.3 Å². The number of nitrogens with zero attached hydrogens (tertiary/aromatic N) is 3. The van der Waals surface area contributed by atoms with Gasteiger partial charge in [-0.1, -0.05) is 24.8 Å². The lowest BCUT2D eigenvalue weighted by Crippen LogP contribution is -2.24. The van der Waals surface area contributed by atoms with Gasteiger partial charge in [-0.3, -0.25) is 9.36 Å². The van der Waals surface area contributed by atoms with Crippen LogP contribution in [0.3, 0.4) is 0 Å². The topological polar surface area (TPSA) is 69.0 Å². The molecule has 1 N–H and O–H groups in total. The van der Waals surface area contributed by atoms with Crippen LogP contribution in [-0.4, -0.2) is 33.5 Å². The number of thioether (sulfide) groups is 1. The summed E-state index contributed by atoms with van der Waals surface area (Å²) >= 11 is 1.54. The largest absolute Gasteiger partial charge is 0.497 e. The second-order valence-corrected chi connectivity index (χ2v) is 7.04. The first-order valence-electron chi connectivity index (χ1n) is 8.87. The van der Waals surface area contributed by atoms with Gasteiger partial charge in [-0.2, -0.15) is 0 Å². The van der Waals surface area contributed by atoms with Gasteiger partial charge in [0.2, 0.25) is 0 Å². The third-order valence-electron chi connectivity index (χ3n) is 3.96. The van der Waals surface area contributed by atoms with Crippen LogP contribution in [0.15, 0.2) is 53.7 Å². The van der Waals surface area contributed by atoms with E-state index in [4.69, 9.17) is 4.74 Å². The first-order chi connectivity index (χ1) is 13.6. The zero-order chi connectivity index (χ0) is 19.9. The Balaban J connectivity index is 1.80. The van der Waals surface area contributed by atoms with Crippen molar-refractivity contribution in [1.82, 2.24) is 20.1 Å². The summed E-state index contributed by atoms with van der Waals surface area (Å²) in [6.07, 6.45) is 0.976. The molecule has 2 aromatic carbocycles. The molecule has 0 bridgehead atoms. The molecule has 1 amide bonds. The predicted molar refractivity (Wildman–Crippen MR) is 106 cm³/mol. The molecule has 6 nitrogen and oxygen atoms in total. The van der Waals surface area contributed by atoms with Gasteiger partial charge in [0.25, 0.3) is 5.91 Å². The number of halogens is 1. The third-order valence-corrected chi connectivity index (χ3v) is 5.10. The number of carbonyl (C=O) groups excluding carboxylic acids is 1. The number of methoxy groups -OCH3 is 1. The summed E-state index contributed by atoms with van der Waals surface area (Å²) < 4.78 is 20.6. The van der Waals surface area contributed by atoms with Gasteiger partial charge in [0.15, 0.2) is 11.0 Å². The van der Waals surface area contributed by atoms with Crippen molar-refractivity contribution in [2.24, 2.45) is 0 Å². The molecular weight excluding hydrogens is 379 g/mol. The third kappa shape index (κ3) is 4.69. The molecule has 0 radical (unpaired) electrons. The van der Waals surface area contributed by atoms with Crippen molar-refractivity contribution in [1.29, 1.82) is 0 Å². The van der Waals surface area contributed by atoms with Crippen molar-refractivity contribution in [2.75, 3.05) is 12.9 Å². The zero-order valence-electron chi connectivity index (χ0n) is 15.7. The molecule has 0 aliphatic carbocycles. The highest BCUT2D eigenvalue weighted by Gasteiger charge is 2.16. The normalized spacial score (nSPS) is 10.7. The molecular formula is C20H21FN4O2S. The van der Waals surface area contributed by atoms with E-state index in [2.05, 4.69) is 22.4 Å². The molecule has 0 spiro atoms. The van der Waals surface area contributed by atoms with Crippen molar-refractivity contribution < 1.29 is 13.9 Å². The maximum Gasteiger partial charge on any atom is 0.251 e. The Kier molecular flexibility index (Phi) is 6.65. The Labute approximate surface area is 167 Å². The van der Waals surface area contributed by atoms with Gasteiger partial charge in [-0.05, 0) is 48.9 Å². The fourth-order valence-electron chi connectivity index (χ4n) is 2.58. The second-order valence-electron chi connectivity index (χ2n) is 5.97. The lowest BCUT2D eigenvalue weighted by molar-refractivity contribution is 0.0949. The highest BCUT2D eigenvalue weighted by molar-refractivity contribution is 7.99. The fourth-order valence-corrected chi connectivity index (χ4v) is 3.41. The molecule has 0 aliphatic rings. The first-order valence-corrected chi connectivity index (χ1v) is 9.86. The summed E-state index contributed by atoms with van der Waals surface area (Å²) in [6.45, 7) is 2.24. The summed E-state index contributed by atoms with van der Waals surface area (Å²) in [4.78, 5) is 12.4. The molecule has 3 rings (SSSR count). The lowest BCUT2D eigenvalue weighted by atomic mass is 10.2. The van der Waals surface area contributed by atoms with Crippen molar-refractivity contribution in [3.05, 3.63) is 65.7 Å². The van der Waals surface area contributed by atoms with Gasteiger partial charge < -0.3 is 10.1 Å². The van der Waals surface area contributed by atoms with Crippen LogP contribution in [0.2, 0.25) is 0 Å². The van der Waals surface area contributed by atoms with E-state index in [-0.39, 0.29) is 18.3 Å². The molecule has 0 saturated carbocycles. The molecule has 146 valence electrons. The fraction of sp³-hybridized carbons (Fsp3) is 0.250. The van der Waals surface area contributed by atoms with Crippen LogP contribution in [0.5, 0.6) is 5.75 Å². The molecule has 0 fully saturated rings. The Morgan fingerprint density at radius 1 is 1.21 bits per heavy atom. The summed E-state index contributed by atoms with van der Waals surface area (Å²) in [5.74, 6) is 1.50. The average molecular weight is 400 g/mol. The van der Waals surface area contributed by atoms with E-state index >= 15 is 0 Å². The van der Waals surface area contributed by atoms with E-state index in [1.54, 1.807) is 59.8 Å². The maximum atomic E-state index is 13.7. The van der Waals surface area contributed by atoms with Crippen LogP contribution in [0.4, 0.5) is 4.39 Å². The smallest absolute Gasteiger partial charge is 0.251 e. The molecule has 3 aromatic rings. The predicted octanol–water partition coefficient (Wildman–Crippen LogP) is 3.85. The van der Waals surface area contributed by atoms with Crippen LogP contribution in [0.1, 0.15) is 29.5 Å². The van der Waals surface area contributed by atoms with Crippen LogP contribution >= 0.6 is 11.8 Å². The summed E-state index contributed by atoms with van der Waals surface area (Å²) in [7, 11) is 1.57. The minimum absolute atomic E-state index is 0.168. The molecule has 1 heterocycles. The molecule has 0 atom stereocenters. The first kappa shape index (κ1) is 19.9. The van der Waals surface area contributed by atoms with Gasteiger partial charge >= 0.3 is 0 Å². The Morgan fingerprint density at radius 2 is 2.00 bits per heavy atom. The standard InChI is InChI=1S/C20H21FN4O2S/c1-3-11-28-20-24-23-18(25(20)16-6-4-5-15(21)12-16)13-22-19(26)14-7-9-17(27-2)10-8-14/h4-10,12H,3,11,13H2,1-2H3,(H,22,26). The van der Waals surface area contributed by atoms with Gasteiger partial charge in [0.1, 0.15) is 11.6 Å². The average Bonchev–Trinajstić information content (AvgIpc) is 3.13. The molecule has 0 saturated heterocycles. The Hall–Kier alpha value is -2.87. The van der Waals surface area contributed by atoms with E-state index in [1.165, 1.54) is 12.1 Å². The number of hydrogen-bond donors (Lipinski definition) is 1. The highest BCUT2D eigenvalue weighted by Crippen LogP contribution is 2.23. The van der Waals surface area contributed by atoms with Crippen LogP contribution in [-0.2, 0) is 6.54 Å². The quantitative estimate of drug-likeness (QED) is 0.582. The molecule has 8 heteroatoms. The number of aromatic nitrogens is 3. The molecule has 28 heavy (non-hydrogen) atoms. The van der Waals surface area contributed by atoms with Crippen LogP contribution < -0.4 is 10.1 Å². The van der Waals surface area contributed by atoms with E-state index in [9.17, 15) is 9.18 Å². The van der Waals surface area contributed by atoms with Crippen molar-refractivity contribution in [2.45, 2.75) is 25.0 Å². The molecule has 0 unspecified atom stereocenters. The van der Waals surface area contributed by atoms with E-state index in [1.807, 2.05) is 0 Å². The lowest BCUT2D eigenvalue weighted by Gasteiger charge is -2.11. The number of ether oxygens (including phenoxy) is 1. The minimum atomic E-state index is -0.342. The zero-order valence-corrected chi connectivity index (χ0v) is 16.5. The van der Waals surface area contributed by atoms with Crippen LogP contribution in [0, 0.1) is 5.82 Å². The number of hydrogen-bond acceptors (Lipinski definition) is 5. The number of carbonyl (C=O) groups is 1. The minimum Gasteiger partial charge on any atom is -0.497 e. The van der Waals surface area contributed by atoms with E-state index in [0.717, 1.165) is 12.2 Å². The van der Waals surface area contributed by atoms with E-state index < -0.39 is 0 Å². The van der Waals surface area contributed by atoms with Gasteiger partial charge in [-0.25, -0.2) is 4.39 Å². The Morgan fingerprint density at radius 3 is 2.68 bits per heavy atom. The number of nitrogens with one attached hydrogen (secondary N) is 1. The highest BCUT2D eigenvalue weighted by atomic mass is 32.2. The SMILES string of the molecule is CCCSc1nnc(CNC(=O)c2ccc(OC)cc2)n1-c1cccc(F)c1. The van der Waals surface area contributed by atoms with Crippen LogP contribution in [0.25, 0.3) is 5.69 Å². The van der Waals surface area contributed by atoms with E-state index in [0.29, 0.717) is 28.0 Å². The summed E-state index contributed by atoms with van der Waals surface area (Å²) in [5.41, 5.74) is 1.13. The maximum absolute atomic E-state index is 13.7. The van der Waals surface area contributed by atoms with Gasteiger partial charge in [0, 0.05) is 11.3 Å². The number of amides is 1. The number of rotatable bonds is 8. The number of benzene rings is 2. The molecule has 0 aliphatic heterocycles. The summed E-state index contributed by atoms with van der Waals surface area (Å²) in [6, 6.07) is 13.1. The monoisotopic (exact) mass is 400 g/mol. The van der Waals surface area contributed by atoms with Crippen molar-refractivity contribution in [3.63, 3.8) is 0 Å². The van der Waals surface area contributed by atoms with Gasteiger partial charge in [-0.15, -0.1) is 10.2 Å². The van der Waals surface area contributed by atoms with Crippen molar-refractivity contribution in [3.8, 4) is 11.4 Å².